The van der Waals surface area contributed by atoms with Crippen molar-refractivity contribution >= 4 is 21.8 Å². The maximum atomic E-state index is 5.98. The molecule has 0 saturated heterocycles. The summed E-state index contributed by atoms with van der Waals surface area (Å²) in [6.45, 7) is 13.2. The molecule has 4 rings (SSSR count). The van der Waals surface area contributed by atoms with Gasteiger partial charge in [0.25, 0.3) is 0 Å². The highest BCUT2D eigenvalue weighted by Crippen LogP contribution is 2.30. The SMILES string of the molecule is CCn1c2ccccc2c2cc(CN(CCN)Cc3c(C)cc(C)cc3C)ccc21. The summed E-state index contributed by atoms with van der Waals surface area (Å²) in [5, 5.41) is 2.69. The average molecular weight is 400 g/mol. The minimum Gasteiger partial charge on any atom is -0.341 e. The third kappa shape index (κ3) is 3.88. The number of nitrogens with two attached hydrogens (primary N) is 1. The second kappa shape index (κ2) is 8.63. The number of hydrogen-bond donors (Lipinski definition) is 1. The van der Waals surface area contributed by atoms with Crippen molar-refractivity contribution in [3.8, 4) is 0 Å². The zero-order valence-corrected chi connectivity index (χ0v) is 18.7. The van der Waals surface area contributed by atoms with Crippen LogP contribution in [0.4, 0.5) is 0 Å². The molecule has 30 heavy (non-hydrogen) atoms. The Kier molecular flexibility index (Phi) is 5.94. The molecule has 0 bridgehead atoms. The first-order valence-corrected chi connectivity index (χ1v) is 11.0. The summed E-state index contributed by atoms with van der Waals surface area (Å²) in [5.74, 6) is 0. The second-order valence-corrected chi connectivity index (χ2v) is 8.49. The number of benzene rings is 3. The topological polar surface area (TPSA) is 34.2 Å². The summed E-state index contributed by atoms with van der Waals surface area (Å²) in [6, 6.07) is 20.3. The van der Waals surface area contributed by atoms with E-state index in [1.807, 2.05) is 0 Å². The van der Waals surface area contributed by atoms with Gasteiger partial charge in [-0.3, -0.25) is 4.90 Å². The van der Waals surface area contributed by atoms with Crippen LogP contribution in [0.5, 0.6) is 0 Å². The van der Waals surface area contributed by atoms with Gasteiger partial charge in [-0.2, -0.15) is 0 Å². The second-order valence-electron chi connectivity index (χ2n) is 8.49. The van der Waals surface area contributed by atoms with E-state index in [1.165, 1.54) is 49.6 Å². The lowest BCUT2D eigenvalue weighted by Gasteiger charge is -2.24. The Labute approximate surface area is 180 Å². The van der Waals surface area contributed by atoms with Crippen molar-refractivity contribution in [3.05, 3.63) is 82.4 Å². The Balaban J connectivity index is 1.68. The van der Waals surface area contributed by atoms with E-state index in [0.717, 1.165) is 26.2 Å². The highest BCUT2D eigenvalue weighted by molar-refractivity contribution is 6.08. The molecule has 0 aliphatic rings. The van der Waals surface area contributed by atoms with Crippen LogP contribution in [0.1, 0.15) is 34.7 Å². The van der Waals surface area contributed by atoms with E-state index in [9.17, 15) is 0 Å². The van der Waals surface area contributed by atoms with E-state index >= 15 is 0 Å². The Morgan fingerprint density at radius 3 is 2.23 bits per heavy atom. The third-order valence-electron chi connectivity index (χ3n) is 6.23. The predicted octanol–water partition coefficient (Wildman–Crippen LogP) is 5.70. The summed E-state index contributed by atoms with van der Waals surface area (Å²) in [5.41, 5.74) is 15.5. The van der Waals surface area contributed by atoms with Gasteiger partial charge in [0.1, 0.15) is 0 Å². The first-order chi connectivity index (χ1) is 14.5. The van der Waals surface area contributed by atoms with Crippen LogP contribution in [0.15, 0.2) is 54.6 Å². The van der Waals surface area contributed by atoms with Crippen molar-refractivity contribution in [2.75, 3.05) is 13.1 Å². The molecule has 0 aliphatic carbocycles. The smallest absolute Gasteiger partial charge is 0.0491 e. The average Bonchev–Trinajstić information content (AvgIpc) is 3.04. The largest absolute Gasteiger partial charge is 0.341 e. The van der Waals surface area contributed by atoms with Crippen LogP contribution in [0, 0.1) is 20.8 Å². The summed E-state index contributed by atoms with van der Waals surface area (Å²) in [4.78, 5) is 2.48. The molecule has 0 spiro atoms. The van der Waals surface area contributed by atoms with Gasteiger partial charge in [-0.05, 0) is 68.1 Å². The summed E-state index contributed by atoms with van der Waals surface area (Å²) in [6.07, 6.45) is 0. The van der Waals surface area contributed by atoms with Crippen molar-refractivity contribution in [1.29, 1.82) is 0 Å². The highest BCUT2D eigenvalue weighted by Gasteiger charge is 2.13. The third-order valence-corrected chi connectivity index (χ3v) is 6.23. The minimum absolute atomic E-state index is 0.668. The van der Waals surface area contributed by atoms with E-state index in [0.29, 0.717) is 6.54 Å². The van der Waals surface area contributed by atoms with E-state index in [4.69, 9.17) is 5.73 Å². The standard InChI is InChI=1S/C27H33N3/c1-5-30-26-9-7-6-8-23(26)24-16-22(10-11-27(24)30)17-29(13-12-28)18-25-20(3)14-19(2)15-21(25)4/h6-11,14-16H,5,12-13,17-18,28H2,1-4H3. The Morgan fingerprint density at radius 2 is 1.53 bits per heavy atom. The first kappa shape index (κ1) is 20.6. The summed E-state index contributed by atoms with van der Waals surface area (Å²) in [7, 11) is 0. The van der Waals surface area contributed by atoms with Crippen LogP contribution in [-0.4, -0.2) is 22.6 Å². The summed E-state index contributed by atoms with van der Waals surface area (Å²) < 4.78 is 2.41. The molecule has 0 amide bonds. The monoisotopic (exact) mass is 399 g/mol. The van der Waals surface area contributed by atoms with Gasteiger partial charge < -0.3 is 10.3 Å². The minimum atomic E-state index is 0.668. The number of nitrogens with zero attached hydrogens (tertiary/aromatic N) is 2. The molecule has 2 N–H and O–H groups in total. The fraction of sp³-hybridized carbons (Fsp3) is 0.333. The van der Waals surface area contributed by atoms with E-state index in [-0.39, 0.29) is 0 Å². The number of aromatic nitrogens is 1. The highest BCUT2D eigenvalue weighted by atomic mass is 15.1. The molecule has 156 valence electrons. The van der Waals surface area contributed by atoms with Crippen molar-refractivity contribution in [2.24, 2.45) is 5.73 Å². The molecule has 3 heteroatoms. The molecule has 3 aromatic carbocycles. The molecular formula is C27H33N3. The van der Waals surface area contributed by atoms with Gasteiger partial charge in [0, 0.05) is 54.5 Å². The molecule has 4 aromatic rings. The van der Waals surface area contributed by atoms with Crippen molar-refractivity contribution in [2.45, 2.75) is 47.3 Å². The Hall–Kier alpha value is -2.62. The molecule has 1 heterocycles. The normalized spacial score (nSPS) is 11.8. The van der Waals surface area contributed by atoms with E-state index in [1.54, 1.807) is 0 Å². The molecule has 0 aliphatic heterocycles. The molecule has 0 fully saturated rings. The molecular weight excluding hydrogens is 366 g/mol. The number of hydrogen-bond acceptors (Lipinski definition) is 2. The predicted molar refractivity (Wildman–Crippen MR) is 129 cm³/mol. The van der Waals surface area contributed by atoms with Crippen LogP contribution < -0.4 is 5.73 Å². The van der Waals surface area contributed by atoms with Gasteiger partial charge in [0.15, 0.2) is 0 Å². The summed E-state index contributed by atoms with van der Waals surface area (Å²) >= 11 is 0. The molecule has 0 unspecified atom stereocenters. The fourth-order valence-electron chi connectivity index (χ4n) is 4.88. The molecule has 0 saturated carbocycles. The van der Waals surface area contributed by atoms with Crippen molar-refractivity contribution < 1.29 is 0 Å². The van der Waals surface area contributed by atoms with Gasteiger partial charge in [0.2, 0.25) is 0 Å². The maximum absolute atomic E-state index is 5.98. The van der Waals surface area contributed by atoms with E-state index in [2.05, 4.69) is 91.8 Å². The number of fused-ring (bicyclic) bond motifs is 3. The van der Waals surface area contributed by atoms with E-state index < -0.39 is 0 Å². The maximum Gasteiger partial charge on any atom is 0.0491 e. The van der Waals surface area contributed by atoms with Gasteiger partial charge in [0.05, 0.1) is 0 Å². The number of aryl methyl sites for hydroxylation is 4. The Morgan fingerprint density at radius 1 is 0.833 bits per heavy atom. The van der Waals surface area contributed by atoms with Gasteiger partial charge in [-0.25, -0.2) is 0 Å². The van der Waals surface area contributed by atoms with Gasteiger partial charge in [-0.15, -0.1) is 0 Å². The van der Waals surface area contributed by atoms with Crippen LogP contribution in [0.25, 0.3) is 21.8 Å². The van der Waals surface area contributed by atoms with Crippen LogP contribution in [-0.2, 0) is 19.6 Å². The zero-order chi connectivity index (χ0) is 21.3. The zero-order valence-electron chi connectivity index (χ0n) is 18.7. The first-order valence-electron chi connectivity index (χ1n) is 11.0. The lowest BCUT2D eigenvalue weighted by molar-refractivity contribution is 0.263. The lowest BCUT2D eigenvalue weighted by Crippen LogP contribution is -2.29. The van der Waals surface area contributed by atoms with Crippen molar-refractivity contribution in [3.63, 3.8) is 0 Å². The quantitative estimate of drug-likeness (QED) is 0.432. The van der Waals surface area contributed by atoms with Gasteiger partial charge in [-0.1, -0.05) is 42.0 Å². The fourth-order valence-corrected chi connectivity index (χ4v) is 4.88. The van der Waals surface area contributed by atoms with Gasteiger partial charge >= 0.3 is 0 Å². The molecule has 0 radical (unpaired) electrons. The Bertz CT molecular complexity index is 1160. The molecule has 0 atom stereocenters. The molecule has 1 aromatic heterocycles. The van der Waals surface area contributed by atoms with Crippen molar-refractivity contribution in [1.82, 2.24) is 9.47 Å². The van der Waals surface area contributed by atoms with Crippen LogP contribution >= 0.6 is 0 Å². The van der Waals surface area contributed by atoms with Crippen LogP contribution in [0.2, 0.25) is 0 Å². The van der Waals surface area contributed by atoms with Crippen LogP contribution in [0.3, 0.4) is 0 Å². The lowest BCUT2D eigenvalue weighted by atomic mass is 9.99. The number of para-hydroxylation sites is 1. The number of rotatable bonds is 7. The molecule has 3 nitrogen and oxygen atoms in total.